The van der Waals surface area contributed by atoms with Crippen molar-refractivity contribution in [2.75, 3.05) is 13.2 Å². The second-order valence-corrected chi connectivity index (χ2v) is 6.70. The predicted octanol–water partition coefficient (Wildman–Crippen LogP) is 3.83. The first-order chi connectivity index (χ1) is 13.3. The molecule has 27 heavy (non-hydrogen) atoms. The van der Waals surface area contributed by atoms with E-state index in [1.165, 1.54) is 0 Å². The van der Waals surface area contributed by atoms with E-state index >= 15 is 0 Å². The molecular weight excluding hydrogens is 340 g/mol. The van der Waals surface area contributed by atoms with E-state index in [-0.39, 0.29) is 5.91 Å². The van der Waals surface area contributed by atoms with Crippen molar-refractivity contribution >= 4 is 11.6 Å². The second kappa shape index (κ2) is 8.08. The number of rotatable bonds is 7. The number of nitrogens with zero attached hydrogens (tertiary/aromatic N) is 1. The number of nitrogens with one attached hydrogen (secondary N) is 1. The molecule has 0 aliphatic heterocycles. The van der Waals surface area contributed by atoms with Gasteiger partial charge in [0.25, 0.3) is 5.91 Å². The van der Waals surface area contributed by atoms with E-state index in [4.69, 9.17) is 9.47 Å². The van der Waals surface area contributed by atoms with Gasteiger partial charge in [0, 0.05) is 11.6 Å². The summed E-state index contributed by atoms with van der Waals surface area (Å²) in [5, 5.41) is 4.31. The highest BCUT2D eigenvalue weighted by atomic mass is 16.5. The molecule has 4 rings (SSSR count). The molecule has 2 aromatic carbocycles. The van der Waals surface area contributed by atoms with Crippen molar-refractivity contribution in [1.29, 1.82) is 0 Å². The van der Waals surface area contributed by atoms with Crippen LogP contribution in [-0.2, 0) is 0 Å². The van der Waals surface area contributed by atoms with Crippen molar-refractivity contribution in [2.24, 2.45) is 16.9 Å². The maximum absolute atomic E-state index is 12.5. The minimum Gasteiger partial charge on any atom is -0.490 e. The molecule has 0 radical (unpaired) electrons. The molecule has 2 aliphatic carbocycles. The summed E-state index contributed by atoms with van der Waals surface area (Å²) in [6.45, 7) is 0.750. The number of carbonyl (C=O) groups excluding carboxylic acids is 1. The SMILES string of the molecule is O=C(NN=C1CC2CC=CC12)c1ccccc1OCCOc1ccccc1. The topological polar surface area (TPSA) is 59.9 Å². The zero-order valence-corrected chi connectivity index (χ0v) is 15.0. The van der Waals surface area contributed by atoms with Crippen LogP contribution in [-0.4, -0.2) is 24.8 Å². The van der Waals surface area contributed by atoms with Crippen molar-refractivity contribution in [3.05, 3.63) is 72.3 Å². The summed E-state index contributed by atoms with van der Waals surface area (Å²) in [6, 6.07) is 16.7. The fourth-order valence-electron chi connectivity index (χ4n) is 3.45. The molecule has 1 saturated carbocycles. The average Bonchev–Trinajstić information content (AvgIpc) is 3.07. The molecule has 2 unspecified atom stereocenters. The van der Waals surface area contributed by atoms with E-state index < -0.39 is 0 Å². The summed E-state index contributed by atoms with van der Waals surface area (Å²) in [6.07, 6.45) is 6.47. The third-order valence-electron chi connectivity index (χ3n) is 4.93. The standard InChI is InChI=1S/C22H22N2O3/c25-22(24-23-20-15-16-7-6-11-18(16)20)19-10-4-5-12-21(19)27-14-13-26-17-8-2-1-3-9-17/h1-6,8-12,16,18H,7,13-15H2,(H,24,25). The monoisotopic (exact) mass is 362 g/mol. The van der Waals surface area contributed by atoms with Crippen LogP contribution in [0.4, 0.5) is 0 Å². The van der Waals surface area contributed by atoms with Gasteiger partial charge < -0.3 is 9.47 Å². The van der Waals surface area contributed by atoms with Crippen LogP contribution in [0.2, 0.25) is 0 Å². The van der Waals surface area contributed by atoms with Gasteiger partial charge in [-0.1, -0.05) is 42.5 Å². The molecule has 1 N–H and O–H groups in total. The van der Waals surface area contributed by atoms with Crippen molar-refractivity contribution in [2.45, 2.75) is 12.8 Å². The molecule has 1 fully saturated rings. The molecule has 0 spiro atoms. The lowest BCUT2D eigenvalue weighted by Gasteiger charge is -2.31. The summed E-state index contributed by atoms with van der Waals surface area (Å²) in [5.41, 5.74) is 4.20. The van der Waals surface area contributed by atoms with Crippen LogP contribution in [0.5, 0.6) is 11.5 Å². The van der Waals surface area contributed by atoms with E-state index in [1.807, 2.05) is 42.5 Å². The summed E-state index contributed by atoms with van der Waals surface area (Å²) >= 11 is 0. The summed E-state index contributed by atoms with van der Waals surface area (Å²) < 4.78 is 11.4. The Bertz CT molecular complexity index is 861. The van der Waals surface area contributed by atoms with Crippen LogP contribution >= 0.6 is 0 Å². The van der Waals surface area contributed by atoms with Crippen molar-refractivity contribution in [3.63, 3.8) is 0 Å². The van der Waals surface area contributed by atoms with Gasteiger partial charge in [0.2, 0.25) is 0 Å². The fourth-order valence-corrected chi connectivity index (χ4v) is 3.45. The van der Waals surface area contributed by atoms with Gasteiger partial charge in [-0.15, -0.1) is 0 Å². The first-order valence-corrected chi connectivity index (χ1v) is 9.24. The molecule has 0 bridgehead atoms. The van der Waals surface area contributed by atoms with Crippen LogP contribution in [0.25, 0.3) is 0 Å². The average molecular weight is 362 g/mol. The number of hydrogen-bond donors (Lipinski definition) is 1. The third kappa shape index (κ3) is 4.03. The number of carbonyl (C=O) groups is 1. The number of allylic oxidation sites excluding steroid dienone is 2. The van der Waals surface area contributed by atoms with Crippen molar-refractivity contribution in [3.8, 4) is 11.5 Å². The smallest absolute Gasteiger partial charge is 0.275 e. The molecular formula is C22H22N2O3. The summed E-state index contributed by atoms with van der Waals surface area (Å²) in [7, 11) is 0. The van der Waals surface area contributed by atoms with Crippen LogP contribution in [0.15, 0.2) is 71.9 Å². The molecule has 2 aromatic rings. The summed E-state index contributed by atoms with van der Waals surface area (Å²) in [5.74, 6) is 2.15. The number of amides is 1. The van der Waals surface area contributed by atoms with Crippen molar-refractivity contribution in [1.82, 2.24) is 5.43 Å². The number of fused-ring (bicyclic) bond motifs is 1. The van der Waals surface area contributed by atoms with Gasteiger partial charge in [0.05, 0.1) is 5.56 Å². The van der Waals surface area contributed by atoms with Crippen LogP contribution in [0.3, 0.4) is 0 Å². The van der Waals surface area contributed by atoms with Crippen LogP contribution in [0.1, 0.15) is 23.2 Å². The molecule has 0 heterocycles. The Hall–Kier alpha value is -3.08. The highest BCUT2D eigenvalue weighted by Gasteiger charge is 2.37. The molecule has 138 valence electrons. The third-order valence-corrected chi connectivity index (χ3v) is 4.93. The number of hydrazone groups is 1. The molecule has 1 amide bonds. The highest BCUT2D eigenvalue weighted by Crippen LogP contribution is 2.40. The van der Waals surface area contributed by atoms with Gasteiger partial charge in [0.15, 0.2) is 0 Å². The Morgan fingerprint density at radius 3 is 2.67 bits per heavy atom. The number of hydrogen-bond acceptors (Lipinski definition) is 4. The number of para-hydroxylation sites is 2. The first kappa shape index (κ1) is 17.3. The van der Waals surface area contributed by atoms with Gasteiger partial charge in [0.1, 0.15) is 24.7 Å². The number of benzene rings is 2. The molecule has 2 aliphatic rings. The Morgan fingerprint density at radius 1 is 1.04 bits per heavy atom. The second-order valence-electron chi connectivity index (χ2n) is 6.70. The normalized spacial score (nSPS) is 21.4. The van der Waals surface area contributed by atoms with Crippen LogP contribution in [0, 0.1) is 11.8 Å². The zero-order chi connectivity index (χ0) is 18.5. The minimum atomic E-state index is -0.257. The first-order valence-electron chi connectivity index (χ1n) is 9.24. The maximum atomic E-state index is 12.5. The molecule has 0 saturated heterocycles. The lowest BCUT2D eigenvalue weighted by Crippen LogP contribution is -2.35. The summed E-state index contributed by atoms with van der Waals surface area (Å²) in [4.78, 5) is 12.5. The van der Waals surface area contributed by atoms with E-state index in [9.17, 15) is 4.79 Å². The zero-order valence-electron chi connectivity index (χ0n) is 15.0. The minimum absolute atomic E-state index is 0.257. The highest BCUT2D eigenvalue weighted by molar-refractivity contribution is 5.99. The Labute approximate surface area is 158 Å². The van der Waals surface area contributed by atoms with Gasteiger partial charge in [-0.3, -0.25) is 4.79 Å². The molecule has 5 heteroatoms. The van der Waals surface area contributed by atoms with Gasteiger partial charge in [-0.05, 0) is 43.0 Å². The van der Waals surface area contributed by atoms with Gasteiger partial charge in [-0.25, -0.2) is 5.43 Å². The molecule has 5 nitrogen and oxygen atoms in total. The van der Waals surface area contributed by atoms with E-state index in [2.05, 4.69) is 22.7 Å². The molecule has 2 atom stereocenters. The molecule has 0 aromatic heterocycles. The lowest BCUT2D eigenvalue weighted by atomic mass is 9.74. The fraction of sp³-hybridized carbons (Fsp3) is 0.273. The predicted molar refractivity (Wildman–Crippen MR) is 104 cm³/mol. The Kier molecular flexibility index (Phi) is 5.19. The van der Waals surface area contributed by atoms with Gasteiger partial charge >= 0.3 is 0 Å². The largest absolute Gasteiger partial charge is 0.490 e. The van der Waals surface area contributed by atoms with E-state index in [0.29, 0.717) is 36.4 Å². The Balaban J connectivity index is 1.31. The Morgan fingerprint density at radius 2 is 1.81 bits per heavy atom. The lowest BCUT2D eigenvalue weighted by molar-refractivity contribution is 0.0948. The van der Waals surface area contributed by atoms with Crippen LogP contribution < -0.4 is 14.9 Å². The quantitative estimate of drug-likeness (QED) is 0.463. The van der Waals surface area contributed by atoms with E-state index in [0.717, 1.165) is 24.3 Å². The maximum Gasteiger partial charge on any atom is 0.275 e. The van der Waals surface area contributed by atoms with Gasteiger partial charge in [-0.2, -0.15) is 5.10 Å². The van der Waals surface area contributed by atoms with Crippen molar-refractivity contribution < 1.29 is 14.3 Å². The van der Waals surface area contributed by atoms with E-state index in [1.54, 1.807) is 12.1 Å². The number of ether oxygens (including phenoxy) is 2.